The molecule has 1 fully saturated rings. The third kappa shape index (κ3) is 2.99. The third-order valence-electron chi connectivity index (χ3n) is 3.91. The minimum atomic E-state index is -0.329. The van der Waals surface area contributed by atoms with Crippen molar-refractivity contribution in [2.45, 2.75) is 12.8 Å². The van der Waals surface area contributed by atoms with E-state index in [4.69, 9.17) is 4.74 Å². The molecule has 5 heteroatoms. The smallest absolute Gasteiger partial charge is 0.345 e. The van der Waals surface area contributed by atoms with E-state index in [-0.39, 0.29) is 5.69 Å². The largest absolute Gasteiger partial charge is 0.493 e. The molecule has 0 atom stereocenters. The minimum absolute atomic E-state index is 0.329. The summed E-state index contributed by atoms with van der Waals surface area (Å²) in [6, 6.07) is 5.72. The maximum Gasteiger partial charge on any atom is 0.345 e. The number of fused-ring (bicyclic) bond motifs is 1. The van der Waals surface area contributed by atoms with Gasteiger partial charge >= 0.3 is 5.69 Å². The highest BCUT2D eigenvalue weighted by molar-refractivity contribution is 5.78. The van der Waals surface area contributed by atoms with Crippen LogP contribution in [-0.4, -0.2) is 41.6 Å². The van der Waals surface area contributed by atoms with Gasteiger partial charge in [0, 0.05) is 17.6 Å². The van der Waals surface area contributed by atoms with E-state index in [0.717, 1.165) is 36.3 Å². The van der Waals surface area contributed by atoms with Crippen molar-refractivity contribution in [1.29, 1.82) is 0 Å². The first-order valence-electron chi connectivity index (χ1n) is 7.01. The normalized spacial score (nSPS) is 17.4. The summed E-state index contributed by atoms with van der Waals surface area (Å²) in [5, 5.41) is 0.913. The zero-order valence-electron chi connectivity index (χ0n) is 11.6. The third-order valence-corrected chi connectivity index (χ3v) is 3.91. The van der Waals surface area contributed by atoms with Gasteiger partial charge in [0.2, 0.25) is 0 Å². The molecular formula is C15H19N3O2. The fourth-order valence-corrected chi connectivity index (χ4v) is 2.56. The molecule has 1 aliphatic rings. The average molecular weight is 273 g/mol. The zero-order valence-corrected chi connectivity index (χ0v) is 11.6. The number of ether oxygens (including phenoxy) is 1. The Hall–Kier alpha value is -1.88. The predicted molar refractivity (Wildman–Crippen MR) is 78.1 cm³/mol. The summed E-state index contributed by atoms with van der Waals surface area (Å²) in [6.07, 6.45) is 3.95. The van der Waals surface area contributed by atoms with Gasteiger partial charge in [-0.15, -0.1) is 0 Å². The molecule has 1 N–H and O–H groups in total. The molecule has 0 saturated carbocycles. The van der Waals surface area contributed by atoms with Crippen molar-refractivity contribution >= 4 is 10.9 Å². The first-order chi connectivity index (χ1) is 9.70. The van der Waals surface area contributed by atoms with E-state index in [9.17, 15) is 4.79 Å². The van der Waals surface area contributed by atoms with Gasteiger partial charge < -0.3 is 14.6 Å². The second kappa shape index (κ2) is 5.63. The number of nitrogens with zero attached hydrogens (tertiary/aromatic N) is 2. The first-order valence-corrected chi connectivity index (χ1v) is 7.01. The van der Waals surface area contributed by atoms with Crippen LogP contribution in [0.3, 0.4) is 0 Å². The molecule has 20 heavy (non-hydrogen) atoms. The number of hydrogen-bond donors (Lipinski definition) is 1. The van der Waals surface area contributed by atoms with Gasteiger partial charge in [0.05, 0.1) is 12.1 Å². The number of nitrogens with one attached hydrogen (secondary N) is 1. The number of likely N-dealkylation sites (tertiary alicyclic amines) is 1. The lowest BCUT2D eigenvalue weighted by atomic mass is 9.98. The van der Waals surface area contributed by atoms with Gasteiger partial charge in [-0.3, -0.25) is 0 Å². The van der Waals surface area contributed by atoms with E-state index in [1.54, 1.807) is 6.20 Å². The molecule has 106 valence electrons. The topological polar surface area (TPSA) is 58.2 Å². The number of H-pyrrole nitrogens is 1. The van der Waals surface area contributed by atoms with E-state index in [1.165, 1.54) is 12.8 Å². The predicted octanol–water partition coefficient (Wildman–Crippen LogP) is 1.64. The highest BCUT2D eigenvalue weighted by atomic mass is 16.5. The van der Waals surface area contributed by atoms with Crippen LogP contribution in [0.5, 0.6) is 5.75 Å². The van der Waals surface area contributed by atoms with Crippen LogP contribution in [0, 0.1) is 5.92 Å². The summed E-state index contributed by atoms with van der Waals surface area (Å²) < 4.78 is 5.87. The molecule has 1 aliphatic heterocycles. The summed E-state index contributed by atoms with van der Waals surface area (Å²) in [4.78, 5) is 20.0. The molecule has 0 bridgehead atoms. The Kier molecular flexibility index (Phi) is 3.69. The van der Waals surface area contributed by atoms with Gasteiger partial charge in [0.25, 0.3) is 0 Å². The Balaban J connectivity index is 1.67. The molecule has 3 rings (SSSR count). The van der Waals surface area contributed by atoms with Crippen LogP contribution < -0.4 is 10.4 Å². The molecule has 0 amide bonds. The fourth-order valence-electron chi connectivity index (χ4n) is 2.56. The Labute approximate surface area is 117 Å². The summed E-state index contributed by atoms with van der Waals surface area (Å²) in [5.41, 5.74) is 0.441. The van der Waals surface area contributed by atoms with Gasteiger partial charge in [-0.1, -0.05) is 0 Å². The van der Waals surface area contributed by atoms with Crippen LogP contribution in [0.1, 0.15) is 12.8 Å². The van der Waals surface area contributed by atoms with Crippen molar-refractivity contribution in [3.8, 4) is 5.75 Å². The van der Waals surface area contributed by atoms with Crippen LogP contribution in [0.4, 0.5) is 0 Å². The van der Waals surface area contributed by atoms with Gasteiger partial charge in [-0.2, -0.15) is 0 Å². The molecule has 0 spiro atoms. The van der Waals surface area contributed by atoms with Crippen molar-refractivity contribution < 1.29 is 4.74 Å². The van der Waals surface area contributed by atoms with E-state index in [1.807, 2.05) is 18.2 Å². The number of aromatic nitrogens is 2. The molecule has 0 aliphatic carbocycles. The monoisotopic (exact) mass is 273 g/mol. The van der Waals surface area contributed by atoms with Gasteiger partial charge in [-0.05, 0) is 51.0 Å². The summed E-state index contributed by atoms with van der Waals surface area (Å²) in [6.45, 7) is 3.03. The molecule has 2 aromatic rings. The van der Waals surface area contributed by atoms with E-state index < -0.39 is 0 Å². The molecule has 5 nitrogen and oxygen atoms in total. The average Bonchev–Trinajstić information content (AvgIpc) is 2.46. The van der Waals surface area contributed by atoms with Crippen molar-refractivity contribution in [2.24, 2.45) is 5.92 Å². The van der Waals surface area contributed by atoms with Crippen molar-refractivity contribution in [3.05, 3.63) is 34.9 Å². The fraction of sp³-hybridized carbons (Fsp3) is 0.467. The first kappa shape index (κ1) is 13.1. The summed E-state index contributed by atoms with van der Waals surface area (Å²) in [7, 11) is 2.16. The van der Waals surface area contributed by atoms with Crippen LogP contribution >= 0.6 is 0 Å². The molecule has 1 aromatic carbocycles. The maximum absolute atomic E-state index is 11.2. The van der Waals surface area contributed by atoms with Gasteiger partial charge in [0.15, 0.2) is 0 Å². The van der Waals surface area contributed by atoms with Crippen LogP contribution in [-0.2, 0) is 0 Å². The molecule has 1 aromatic heterocycles. The van der Waals surface area contributed by atoms with Crippen LogP contribution in [0.2, 0.25) is 0 Å². The summed E-state index contributed by atoms with van der Waals surface area (Å²) >= 11 is 0. The number of rotatable bonds is 3. The maximum atomic E-state index is 11.2. The van der Waals surface area contributed by atoms with Crippen LogP contribution in [0.15, 0.2) is 29.2 Å². The van der Waals surface area contributed by atoms with Crippen molar-refractivity contribution in [1.82, 2.24) is 14.9 Å². The second-order valence-electron chi connectivity index (χ2n) is 5.50. The zero-order chi connectivity index (χ0) is 13.9. The standard InChI is InChI=1S/C15H19N3O2/c1-18-6-4-11(5-7-18)10-20-13-3-2-12-9-16-15(19)17-14(12)8-13/h2-3,8-9,11H,4-7,10H2,1H3,(H,16,17,19). The van der Waals surface area contributed by atoms with E-state index in [0.29, 0.717) is 5.92 Å². The molecule has 1 saturated heterocycles. The second-order valence-corrected chi connectivity index (χ2v) is 5.50. The van der Waals surface area contributed by atoms with Crippen molar-refractivity contribution in [2.75, 3.05) is 26.7 Å². The highest BCUT2D eigenvalue weighted by Gasteiger charge is 2.17. The van der Waals surface area contributed by atoms with E-state index >= 15 is 0 Å². The van der Waals surface area contributed by atoms with Crippen molar-refractivity contribution in [3.63, 3.8) is 0 Å². The van der Waals surface area contributed by atoms with Gasteiger partial charge in [-0.25, -0.2) is 9.78 Å². The lowest BCUT2D eigenvalue weighted by Gasteiger charge is -2.28. The Morgan fingerprint density at radius 3 is 3.00 bits per heavy atom. The number of piperidine rings is 1. The Morgan fingerprint density at radius 1 is 1.40 bits per heavy atom. The quantitative estimate of drug-likeness (QED) is 0.923. The molecule has 0 radical (unpaired) electrons. The number of hydrogen-bond acceptors (Lipinski definition) is 4. The lowest BCUT2D eigenvalue weighted by molar-refractivity contribution is 0.160. The lowest BCUT2D eigenvalue weighted by Crippen LogP contribution is -2.32. The summed E-state index contributed by atoms with van der Waals surface area (Å²) in [5.74, 6) is 1.43. The van der Waals surface area contributed by atoms with Gasteiger partial charge in [0.1, 0.15) is 5.75 Å². The molecular weight excluding hydrogens is 254 g/mol. The number of benzene rings is 1. The molecule has 2 heterocycles. The number of aromatic amines is 1. The molecule has 0 unspecified atom stereocenters. The Bertz CT molecular complexity index is 645. The Morgan fingerprint density at radius 2 is 2.20 bits per heavy atom. The minimum Gasteiger partial charge on any atom is -0.493 e. The van der Waals surface area contributed by atoms with E-state index in [2.05, 4.69) is 21.9 Å². The van der Waals surface area contributed by atoms with Crippen LogP contribution in [0.25, 0.3) is 10.9 Å². The SMILES string of the molecule is CN1CCC(COc2ccc3cnc(=O)[nH]c3c2)CC1. The highest BCUT2D eigenvalue weighted by Crippen LogP contribution is 2.21.